The third-order valence-electron chi connectivity index (χ3n) is 3.75. The van der Waals surface area contributed by atoms with Gasteiger partial charge in [-0.2, -0.15) is 0 Å². The van der Waals surface area contributed by atoms with Crippen molar-refractivity contribution in [2.45, 2.75) is 12.5 Å². The predicted octanol–water partition coefficient (Wildman–Crippen LogP) is 1.11. The maximum atomic E-state index is 5.97. The number of hydrogen-bond acceptors (Lipinski definition) is 4. The van der Waals surface area contributed by atoms with Crippen LogP contribution < -0.4 is 10.5 Å². The van der Waals surface area contributed by atoms with Gasteiger partial charge in [0.15, 0.2) is 0 Å². The number of nitrogens with two attached hydrogens (primary N) is 1. The standard InChI is InChI=1S/C15H25N3O/c1-17(2)7-8-18(3)14(11-16)12-4-5-15-13(10-12)6-9-19-15/h4-5,10,14H,6-9,11,16H2,1-3H3. The zero-order valence-electron chi connectivity index (χ0n) is 12.2. The molecule has 0 fully saturated rings. The maximum Gasteiger partial charge on any atom is 0.122 e. The molecule has 4 nitrogen and oxygen atoms in total. The van der Waals surface area contributed by atoms with Gasteiger partial charge in [-0.3, -0.25) is 4.90 Å². The van der Waals surface area contributed by atoms with E-state index in [-0.39, 0.29) is 6.04 Å². The quantitative estimate of drug-likeness (QED) is 0.835. The summed E-state index contributed by atoms with van der Waals surface area (Å²) >= 11 is 0. The highest BCUT2D eigenvalue weighted by Crippen LogP contribution is 2.29. The van der Waals surface area contributed by atoms with Crippen molar-refractivity contribution in [2.24, 2.45) is 5.73 Å². The molecule has 0 saturated carbocycles. The van der Waals surface area contributed by atoms with Gasteiger partial charge < -0.3 is 15.4 Å². The molecule has 2 N–H and O–H groups in total. The van der Waals surface area contributed by atoms with Crippen LogP contribution >= 0.6 is 0 Å². The highest BCUT2D eigenvalue weighted by atomic mass is 16.5. The Balaban J connectivity index is 2.08. The summed E-state index contributed by atoms with van der Waals surface area (Å²) in [7, 11) is 6.33. The molecule has 0 spiro atoms. The van der Waals surface area contributed by atoms with Crippen LogP contribution in [0.15, 0.2) is 18.2 Å². The first-order valence-corrected chi connectivity index (χ1v) is 6.92. The van der Waals surface area contributed by atoms with E-state index < -0.39 is 0 Å². The molecule has 1 atom stereocenters. The van der Waals surface area contributed by atoms with Gasteiger partial charge >= 0.3 is 0 Å². The second-order valence-corrected chi connectivity index (χ2v) is 5.50. The molecule has 0 saturated heterocycles. The van der Waals surface area contributed by atoms with Gasteiger partial charge in [-0.1, -0.05) is 12.1 Å². The molecule has 1 heterocycles. The molecule has 0 amide bonds. The van der Waals surface area contributed by atoms with E-state index in [0.29, 0.717) is 6.54 Å². The lowest BCUT2D eigenvalue weighted by molar-refractivity contribution is 0.222. The van der Waals surface area contributed by atoms with Gasteiger partial charge in [0.1, 0.15) is 5.75 Å². The molecular weight excluding hydrogens is 238 g/mol. The minimum Gasteiger partial charge on any atom is -0.493 e. The minimum absolute atomic E-state index is 0.283. The van der Waals surface area contributed by atoms with Crippen LogP contribution in [-0.2, 0) is 6.42 Å². The Hall–Kier alpha value is -1.10. The fraction of sp³-hybridized carbons (Fsp3) is 0.600. The van der Waals surface area contributed by atoms with E-state index in [1.54, 1.807) is 0 Å². The first kappa shape index (κ1) is 14.3. The van der Waals surface area contributed by atoms with Crippen molar-refractivity contribution in [2.75, 3.05) is 47.4 Å². The van der Waals surface area contributed by atoms with Crippen LogP contribution in [0, 0.1) is 0 Å². The number of ether oxygens (including phenoxy) is 1. The van der Waals surface area contributed by atoms with Crippen molar-refractivity contribution in [1.82, 2.24) is 9.80 Å². The van der Waals surface area contributed by atoms with Crippen LogP contribution in [0.5, 0.6) is 5.75 Å². The summed E-state index contributed by atoms with van der Waals surface area (Å²) in [6.07, 6.45) is 1.02. The van der Waals surface area contributed by atoms with Gasteiger partial charge in [0, 0.05) is 32.1 Å². The summed E-state index contributed by atoms with van der Waals surface area (Å²) in [6, 6.07) is 6.77. The zero-order chi connectivity index (χ0) is 13.8. The monoisotopic (exact) mass is 263 g/mol. The maximum absolute atomic E-state index is 5.97. The predicted molar refractivity (Wildman–Crippen MR) is 78.6 cm³/mol. The summed E-state index contributed by atoms with van der Waals surface area (Å²) in [5, 5.41) is 0. The highest BCUT2D eigenvalue weighted by Gasteiger charge is 2.19. The molecule has 1 aromatic rings. The molecule has 19 heavy (non-hydrogen) atoms. The SMILES string of the molecule is CN(C)CCN(C)C(CN)c1ccc2c(c1)CCO2. The van der Waals surface area contributed by atoms with Gasteiger partial charge in [-0.25, -0.2) is 0 Å². The zero-order valence-corrected chi connectivity index (χ0v) is 12.2. The summed E-state index contributed by atoms with van der Waals surface area (Å²) in [5.41, 5.74) is 8.59. The second-order valence-electron chi connectivity index (χ2n) is 5.50. The van der Waals surface area contributed by atoms with E-state index in [0.717, 1.165) is 31.9 Å². The number of nitrogens with zero attached hydrogens (tertiary/aromatic N) is 2. The van der Waals surface area contributed by atoms with Crippen molar-refractivity contribution in [1.29, 1.82) is 0 Å². The number of likely N-dealkylation sites (N-methyl/N-ethyl adjacent to an activating group) is 2. The van der Waals surface area contributed by atoms with Crippen molar-refractivity contribution in [3.63, 3.8) is 0 Å². The number of hydrogen-bond donors (Lipinski definition) is 1. The average molecular weight is 263 g/mol. The summed E-state index contributed by atoms with van der Waals surface area (Å²) in [4.78, 5) is 4.53. The summed E-state index contributed by atoms with van der Waals surface area (Å²) in [6.45, 7) is 3.51. The van der Waals surface area contributed by atoms with Crippen LogP contribution in [0.4, 0.5) is 0 Å². The molecule has 2 rings (SSSR count). The first-order chi connectivity index (χ1) is 9.11. The van der Waals surface area contributed by atoms with Gasteiger partial charge in [-0.05, 0) is 38.3 Å². The Morgan fingerprint density at radius 3 is 2.74 bits per heavy atom. The molecule has 106 valence electrons. The molecule has 1 aliphatic rings. The van der Waals surface area contributed by atoms with E-state index in [1.807, 2.05) is 0 Å². The average Bonchev–Trinajstić information content (AvgIpc) is 2.84. The van der Waals surface area contributed by atoms with Crippen molar-refractivity contribution < 1.29 is 4.74 Å². The highest BCUT2D eigenvalue weighted by molar-refractivity contribution is 5.40. The van der Waals surface area contributed by atoms with Crippen LogP contribution in [0.2, 0.25) is 0 Å². The smallest absolute Gasteiger partial charge is 0.122 e. The molecule has 0 radical (unpaired) electrons. The molecule has 4 heteroatoms. The Morgan fingerprint density at radius 1 is 1.26 bits per heavy atom. The largest absolute Gasteiger partial charge is 0.493 e. The number of benzene rings is 1. The molecular formula is C15H25N3O. The first-order valence-electron chi connectivity index (χ1n) is 6.92. The van der Waals surface area contributed by atoms with Crippen LogP contribution in [0.3, 0.4) is 0 Å². The fourth-order valence-corrected chi connectivity index (χ4v) is 2.50. The van der Waals surface area contributed by atoms with Gasteiger partial charge in [0.2, 0.25) is 0 Å². The van der Waals surface area contributed by atoms with Gasteiger partial charge in [0.05, 0.1) is 6.61 Å². The number of fused-ring (bicyclic) bond motifs is 1. The van der Waals surface area contributed by atoms with Crippen LogP contribution in [0.1, 0.15) is 17.2 Å². The van der Waals surface area contributed by atoms with Gasteiger partial charge in [0.25, 0.3) is 0 Å². The second kappa shape index (κ2) is 6.37. The lowest BCUT2D eigenvalue weighted by Gasteiger charge is -2.28. The minimum atomic E-state index is 0.283. The van der Waals surface area contributed by atoms with E-state index in [4.69, 9.17) is 10.5 Å². The Morgan fingerprint density at radius 2 is 2.05 bits per heavy atom. The molecule has 1 aliphatic heterocycles. The lowest BCUT2D eigenvalue weighted by atomic mass is 10.0. The third-order valence-corrected chi connectivity index (χ3v) is 3.75. The van der Waals surface area contributed by atoms with Crippen molar-refractivity contribution >= 4 is 0 Å². The molecule has 1 unspecified atom stereocenters. The summed E-state index contributed by atoms with van der Waals surface area (Å²) < 4.78 is 5.55. The van der Waals surface area contributed by atoms with E-state index >= 15 is 0 Å². The third kappa shape index (κ3) is 3.47. The Bertz CT molecular complexity index is 420. The Kier molecular flexibility index (Phi) is 4.80. The van der Waals surface area contributed by atoms with Crippen molar-refractivity contribution in [3.8, 4) is 5.75 Å². The molecule has 1 aromatic carbocycles. The van der Waals surface area contributed by atoms with E-state index in [9.17, 15) is 0 Å². The normalized spacial score (nSPS) is 15.7. The van der Waals surface area contributed by atoms with E-state index in [1.165, 1.54) is 11.1 Å². The lowest BCUT2D eigenvalue weighted by Crippen LogP contribution is -2.35. The topological polar surface area (TPSA) is 41.7 Å². The van der Waals surface area contributed by atoms with Crippen LogP contribution in [-0.4, -0.2) is 57.2 Å². The molecule has 0 aliphatic carbocycles. The molecule has 0 aromatic heterocycles. The Labute approximate surface area is 116 Å². The summed E-state index contributed by atoms with van der Waals surface area (Å²) in [5.74, 6) is 1.04. The van der Waals surface area contributed by atoms with Gasteiger partial charge in [-0.15, -0.1) is 0 Å². The van der Waals surface area contributed by atoms with Crippen molar-refractivity contribution in [3.05, 3.63) is 29.3 Å². The fourth-order valence-electron chi connectivity index (χ4n) is 2.50. The van der Waals surface area contributed by atoms with E-state index in [2.05, 4.69) is 49.1 Å². The number of rotatable bonds is 6. The van der Waals surface area contributed by atoms with Crippen LogP contribution in [0.25, 0.3) is 0 Å². The molecule has 0 bridgehead atoms.